The van der Waals surface area contributed by atoms with E-state index in [0.717, 1.165) is 5.56 Å². The van der Waals surface area contributed by atoms with Crippen molar-refractivity contribution in [2.24, 2.45) is 17.8 Å². The highest BCUT2D eigenvalue weighted by Crippen LogP contribution is 2.54. The van der Waals surface area contributed by atoms with Crippen LogP contribution in [0.25, 0.3) is 0 Å². The number of hydrogen-bond acceptors (Lipinski definition) is 1. The molecule has 0 amide bonds. The Morgan fingerprint density at radius 1 is 1.06 bits per heavy atom. The minimum Gasteiger partial charge on any atom is -0.481 e. The van der Waals surface area contributed by atoms with Crippen LogP contribution < -0.4 is 0 Å². The number of carboxylic acid groups (broad SMARTS) is 1. The van der Waals surface area contributed by atoms with E-state index < -0.39 is 5.97 Å². The minimum atomic E-state index is -0.639. The Labute approximate surface area is 102 Å². The first kappa shape index (κ1) is 10.8. The highest BCUT2D eigenvalue weighted by Gasteiger charge is 2.48. The van der Waals surface area contributed by atoms with Gasteiger partial charge >= 0.3 is 5.97 Å². The monoisotopic (exact) mass is 230 g/mol. The van der Waals surface area contributed by atoms with Crippen LogP contribution in [0.5, 0.6) is 0 Å². The van der Waals surface area contributed by atoms with Gasteiger partial charge in [0.1, 0.15) is 0 Å². The topological polar surface area (TPSA) is 37.3 Å². The molecule has 0 saturated heterocycles. The summed E-state index contributed by atoms with van der Waals surface area (Å²) in [6, 6.07) is 9.78. The normalized spacial score (nSPS) is 32.6. The maximum absolute atomic E-state index is 11.6. The molecule has 2 bridgehead atoms. The van der Waals surface area contributed by atoms with Crippen LogP contribution in [0.15, 0.2) is 30.3 Å². The third-order valence-electron chi connectivity index (χ3n) is 4.71. The van der Waals surface area contributed by atoms with Crippen molar-refractivity contribution in [3.8, 4) is 0 Å². The molecule has 1 aromatic rings. The minimum absolute atomic E-state index is 0.281. The predicted octanol–water partition coefficient (Wildman–Crippen LogP) is 3.29. The van der Waals surface area contributed by atoms with Crippen molar-refractivity contribution in [2.75, 3.05) is 0 Å². The number of carboxylic acids is 1. The van der Waals surface area contributed by atoms with Crippen LogP contribution in [0.2, 0.25) is 0 Å². The average molecular weight is 230 g/mol. The number of hydrogen-bond donors (Lipinski definition) is 1. The summed E-state index contributed by atoms with van der Waals surface area (Å²) in [5.41, 5.74) is 0.990. The zero-order valence-corrected chi connectivity index (χ0v) is 9.88. The first-order valence-corrected chi connectivity index (χ1v) is 6.55. The molecule has 1 aromatic carbocycles. The third kappa shape index (κ3) is 1.76. The summed E-state index contributed by atoms with van der Waals surface area (Å²) in [4.78, 5) is 11.6. The Morgan fingerprint density at radius 2 is 1.59 bits per heavy atom. The molecule has 0 aliphatic heterocycles. The lowest BCUT2D eigenvalue weighted by molar-refractivity contribution is -0.140. The number of fused-ring (bicyclic) bond motifs is 2. The van der Waals surface area contributed by atoms with E-state index in [-0.39, 0.29) is 5.92 Å². The summed E-state index contributed by atoms with van der Waals surface area (Å²) < 4.78 is 0. The van der Waals surface area contributed by atoms with Crippen LogP contribution in [-0.2, 0) is 4.79 Å². The standard InChI is InChI=1S/C15H18O2/c16-15(17)14(10-4-2-1-3-5-10)13-11-6-7-12(13)9-8-11/h1-5,11-14H,6-9H2,(H,16,17). The smallest absolute Gasteiger partial charge is 0.311 e. The van der Waals surface area contributed by atoms with Gasteiger partial charge in [-0.25, -0.2) is 0 Å². The van der Waals surface area contributed by atoms with Crippen molar-refractivity contribution in [1.82, 2.24) is 0 Å². The molecule has 17 heavy (non-hydrogen) atoms. The number of carbonyl (C=O) groups is 1. The molecule has 1 N–H and O–H groups in total. The summed E-state index contributed by atoms with van der Waals surface area (Å²) in [6.45, 7) is 0. The van der Waals surface area contributed by atoms with E-state index in [1.165, 1.54) is 25.7 Å². The van der Waals surface area contributed by atoms with Crippen molar-refractivity contribution in [3.05, 3.63) is 35.9 Å². The second-order valence-corrected chi connectivity index (χ2v) is 5.48. The Balaban J connectivity index is 1.94. The summed E-state index contributed by atoms with van der Waals surface area (Å²) in [7, 11) is 0. The largest absolute Gasteiger partial charge is 0.481 e. The Morgan fingerprint density at radius 3 is 2.06 bits per heavy atom. The quantitative estimate of drug-likeness (QED) is 0.865. The van der Waals surface area contributed by atoms with Gasteiger partial charge in [0.25, 0.3) is 0 Å². The van der Waals surface area contributed by atoms with Crippen LogP contribution >= 0.6 is 0 Å². The predicted molar refractivity (Wildman–Crippen MR) is 65.8 cm³/mol. The van der Waals surface area contributed by atoms with E-state index in [1.807, 2.05) is 30.3 Å². The van der Waals surface area contributed by atoms with Gasteiger partial charge in [-0.3, -0.25) is 4.79 Å². The van der Waals surface area contributed by atoms with Crippen molar-refractivity contribution in [3.63, 3.8) is 0 Å². The highest BCUT2D eigenvalue weighted by atomic mass is 16.4. The Bertz CT molecular complexity index is 392. The molecule has 2 saturated carbocycles. The van der Waals surface area contributed by atoms with Gasteiger partial charge in [0.05, 0.1) is 5.92 Å². The number of rotatable bonds is 3. The van der Waals surface area contributed by atoms with Gasteiger partial charge < -0.3 is 5.11 Å². The van der Waals surface area contributed by atoms with E-state index in [2.05, 4.69) is 0 Å². The molecule has 1 atom stereocenters. The zero-order valence-electron chi connectivity index (χ0n) is 9.88. The molecule has 2 aliphatic rings. The van der Waals surface area contributed by atoms with Gasteiger partial charge in [0.2, 0.25) is 0 Å². The first-order chi connectivity index (χ1) is 8.27. The molecule has 0 aromatic heterocycles. The summed E-state index contributed by atoms with van der Waals surface area (Å²) >= 11 is 0. The second-order valence-electron chi connectivity index (χ2n) is 5.48. The van der Waals surface area contributed by atoms with Crippen LogP contribution in [0.1, 0.15) is 37.2 Å². The van der Waals surface area contributed by atoms with Crippen LogP contribution in [-0.4, -0.2) is 11.1 Å². The van der Waals surface area contributed by atoms with Gasteiger partial charge in [0.15, 0.2) is 0 Å². The van der Waals surface area contributed by atoms with Gasteiger partial charge in [0, 0.05) is 0 Å². The fourth-order valence-corrected chi connectivity index (χ4v) is 4.03. The molecule has 0 radical (unpaired) electrons. The Kier molecular flexibility index (Phi) is 2.65. The lowest BCUT2D eigenvalue weighted by atomic mass is 9.79. The van der Waals surface area contributed by atoms with E-state index in [4.69, 9.17) is 0 Å². The fourth-order valence-electron chi connectivity index (χ4n) is 4.03. The molecular formula is C15H18O2. The van der Waals surface area contributed by atoms with Crippen molar-refractivity contribution in [1.29, 1.82) is 0 Å². The van der Waals surface area contributed by atoms with E-state index in [0.29, 0.717) is 17.8 Å². The molecule has 0 spiro atoms. The molecule has 2 heteroatoms. The molecule has 2 aliphatic carbocycles. The van der Waals surface area contributed by atoms with Crippen LogP contribution in [0.4, 0.5) is 0 Å². The average Bonchev–Trinajstić information content (AvgIpc) is 2.91. The molecule has 2 nitrogen and oxygen atoms in total. The zero-order chi connectivity index (χ0) is 11.8. The number of benzene rings is 1. The van der Waals surface area contributed by atoms with Gasteiger partial charge in [-0.1, -0.05) is 30.3 Å². The molecule has 90 valence electrons. The van der Waals surface area contributed by atoms with Crippen molar-refractivity contribution in [2.45, 2.75) is 31.6 Å². The van der Waals surface area contributed by atoms with Crippen LogP contribution in [0, 0.1) is 17.8 Å². The Hall–Kier alpha value is -1.31. The molecule has 3 rings (SSSR count). The van der Waals surface area contributed by atoms with E-state index in [1.54, 1.807) is 0 Å². The fraction of sp³-hybridized carbons (Fsp3) is 0.533. The third-order valence-corrected chi connectivity index (χ3v) is 4.71. The maximum Gasteiger partial charge on any atom is 0.311 e. The van der Waals surface area contributed by atoms with E-state index in [9.17, 15) is 9.90 Å². The second kappa shape index (κ2) is 4.17. The molecule has 0 heterocycles. The molecule has 1 unspecified atom stereocenters. The lowest BCUT2D eigenvalue weighted by Crippen LogP contribution is -2.24. The van der Waals surface area contributed by atoms with Crippen LogP contribution in [0.3, 0.4) is 0 Å². The summed E-state index contributed by atoms with van der Waals surface area (Å²) in [5.74, 6) is 0.772. The molecular weight excluding hydrogens is 212 g/mol. The summed E-state index contributed by atoms with van der Waals surface area (Å²) in [5, 5.41) is 9.55. The van der Waals surface area contributed by atoms with Gasteiger partial charge in [-0.05, 0) is 49.0 Å². The first-order valence-electron chi connectivity index (χ1n) is 6.55. The number of aliphatic carboxylic acids is 1. The SMILES string of the molecule is O=C(O)C(c1ccccc1)C1C2CCC1CC2. The summed E-state index contributed by atoms with van der Waals surface area (Å²) in [6.07, 6.45) is 4.97. The van der Waals surface area contributed by atoms with Gasteiger partial charge in [-0.15, -0.1) is 0 Å². The van der Waals surface area contributed by atoms with Crippen molar-refractivity contribution < 1.29 is 9.90 Å². The van der Waals surface area contributed by atoms with Gasteiger partial charge in [-0.2, -0.15) is 0 Å². The van der Waals surface area contributed by atoms with E-state index >= 15 is 0 Å². The molecule has 2 fully saturated rings. The van der Waals surface area contributed by atoms with Crippen molar-refractivity contribution >= 4 is 5.97 Å². The lowest BCUT2D eigenvalue weighted by Gasteiger charge is -2.24. The maximum atomic E-state index is 11.6. The highest BCUT2D eigenvalue weighted by molar-refractivity contribution is 5.76.